The van der Waals surface area contributed by atoms with Gasteiger partial charge in [0.2, 0.25) is 0 Å². The number of nitrogens with one attached hydrogen (secondary N) is 1. The van der Waals surface area contributed by atoms with Crippen LogP contribution in [0.4, 0.5) is 4.39 Å². The highest BCUT2D eigenvalue weighted by Crippen LogP contribution is 2.28. The molecule has 1 saturated heterocycles. The lowest BCUT2D eigenvalue weighted by Gasteiger charge is -2.40. The predicted octanol–water partition coefficient (Wildman–Crippen LogP) is 2.81. The van der Waals surface area contributed by atoms with Crippen LogP contribution in [0.2, 0.25) is 0 Å². The molecule has 1 heterocycles. The zero-order valence-electron chi connectivity index (χ0n) is 9.90. The summed E-state index contributed by atoms with van der Waals surface area (Å²) < 4.78 is 13.0. The molecule has 1 aliphatic heterocycles. The second-order valence-electron chi connectivity index (χ2n) is 4.49. The molecule has 0 unspecified atom stereocenters. The van der Waals surface area contributed by atoms with E-state index in [9.17, 15) is 9.50 Å². The quantitative estimate of drug-likeness (QED) is 0.872. The molecule has 1 fully saturated rings. The number of rotatable bonds is 4. The number of benzene rings is 1. The van der Waals surface area contributed by atoms with Crippen LogP contribution < -0.4 is 5.32 Å². The predicted molar refractivity (Wildman–Crippen MR) is 68.8 cm³/mol. The van der Waals surface area contributed by atoms with Crippen LogP contribution in [0.1, 0.15) is 37.9 Å². The van der Waals surface area contributed by atoms with E-state index < -0.39 is 6.10 Å². The first kappa shape index (κ1) is 14.4. The average molecular weight is 260 g/mol. The first-order valence-corrected chi connectivity index (χ1v) is 5.90. The van der Waals surface area contributed by atoms with Gasteiger partial charge >= 0.3 is 0 Å². The van der Waals surface area contributed by atoms with Crippen LogP contribution in [0.25, 0.3) is 0 Å². The summed E-state index contributed by atoms with van der Waals surface area (Å²) >= 11 is 0. The van der Waals surface area contributed by atoms with Gasteiger partial charge in [-0.1, -0.05) is 25.5 Å². The van der Waals surface area contributed by atoms with Gasteiger partial charge in [-0.25, -0.2) is 4.39 Å². The molecule has 2 nitrogen and oxygen atoms in total. The molecule has 0 amide bonds. The summed E-state index contributed by atoms with van der Waals surface area (Å²) in [5, 5.41) is 13.3. The van der Waals surface area contributed by atoms with Gasteiger partial charge in [0.25, 0.3) is 0 Å². The number of hydrogen-bond acceptors (Lipinski definition) is 2. The van der Waals surface area contributed by atoms with Gasteiger partial charge in [-0.05, 0) is 30.5 Å². The molecule has 96 valence electrons. The first-order valence-electron chi connectivity index (χ1n) is 5.90. The van der Waals surface area contributed by atoms with Gasteiger partial charge in [-0.2, -0.15) is 0 Å². The Morgan fingerprint density at radius 2 is 2.24 bits per heavy atom. The molecule has 0 aliphatic carbocycles. The molecule has 0 spiro atoms. The second kappa shape index (κ2) is 6.34. The Balaban J connectivity index is 0.00000144. The standard InChI is InChI=1S/C13H18FNO.ClH/c1-2-4-11-8-12(15-11)13(16)9-5-3-6-10(14)7-9;/h3,5-7,11-13,15-16H,2,4,8H2,1H3;1H/t11-,12-,13+;/m1./s1. The summed E-state index contributed by atoms with van der Waals surface area (Å²) in [6, 6.07) is 6.80. The van der Waals surface area contributed by atoms with E-state index in [1.807, 2.05) is 0 Å². The number of aliphatic hydroxyl groups excluding tert-OH is 1. The van der Waals surface area contributed by atoms with Crippen molar-refractivity contribution in [2.45, 2.75) is 44.4 Å². The van der Waals surface area contributed by atoms with Crippen LogP contribution in [-0.2, 0) is 0 Å². The molecule has 1 aromatic rings. The topological polar surface area (TPSA) is 32.3 Å². The Morgan fingerprint density at radius 3 is 2.82 bits per heavy atom. The fourth-order valence-electron chi connectivity index (χ4n) is 2.28. The third-order valence-electron chi connectivity index (χ3n) is 3.20. The zero-order valence-corrected chi connectivity index (χ0v) is 10.7. The molecule has 0 saturated carbocycles. The van der Waals surface area contributed by atoms with E-state index in [2.05, 4.69) is 12.2 Å². The zero-order chi connectivity index (χ0) is 11.5. The van der Waals surface area contributed by atoms with E-state index in [1.165, 1.54) is 12.1 Å². The number of aliphatic hydroxyl groups is 1. The van der Waals surface area contributed by atoms with Gasteiger partial charge in [-0.15, -0.1) is 12.4 Å². The van der Waals surface area contributed by atoms with Gasteiger partial charge in [0.1, 0.15) is 5.82 Å². The Morgan fingerprint density at radius 1 is 1.53 bits per heavy atom. The van der Waals surface area contributed by atoms with Crippen molar-refractivity contribution in [3.8, 4) is 0 Å². The maximum Gasteiger partial charge on any atom is 0.123 e. The van der Waals surface area contributed by atoms with Crippen LogP contribution in [0.15, 0.2) is 24.3 Å². The second-order valence-corrected chi connectivity index (χ2v) is 4.49. The summed E-state index contributed by atoms with van der Waals surface area (Å²) in [6.45, 7) is 2.15. The molecule has 4 heteroatoms. The minimum Gasteiger partial charge on any atom is -0.387 e. The summed E-state index contributed by atoms with van der Waals surface area (Å²) in [5.41, 5.74) is 0.660. The van der Waals surface area contributed by atoms with Gasteiger partial charge in [0.15, 0.2) is 0 Å². The molecule has 0 bridgehead atoms. The first-order chi connectivity index (χ1) is 7.70. The van der Waals surface area contributed by atoms with Crippen LogP contribution in [0.5, 0.6) is 0 Å². The third-order valence-corrected chi connectivity index (χ3v) is 3.20. The fourth-order valence-corrected chi connectivity index (χ4v) is 2.28. The van der Waals surface area contributed by atoms with E-state index in [0.29, 0.717) is 11.6 Å². The number of halogens is 2. The molecule has 3 atom stereocenters. The lowest BCUT2D eigenvalue weighted by molar-refractivity contribution is 0.0673. The molecule has 17 heavy (non-hydrogen) atoms. The maximum absolute atomic E-state index is 13.0. The molecule has 2 N–H and O–H groups in total. The minimum atomic E-state index is -0.594. The van der Waals surface area contributed by atoms with Gasteiger partial charge in [0.05, 0.1) is 6.10 Å². The third kappa shape index (κ3) is 3.41. The number of hydrogen-bond donors (Lipinski definition) is 2. The van der Waals surface area contributed by atoms with Gasteiger partial charge in [-0.3, -0.25) is 0 Å². The van der Waals surface area contributed by atoms with Crippen molar-refractivity contribution in [3.63, 3.8) is 0 Å². The lowest BCUT2D eigenvalue weighted by Crippen LogP contribution is -2.55. The monoisotopic (exact) mass is 259 g/mol. The Labute approximate surface area is 108 Å². The highest BCUT2D eigenvalue weighted by molar-refractivity contribution is 5.85. The Bertz CT molecular complexity index is 355. The van der Waals surface area contributed by atoms with Crippen molar-refractivity contribution in [2.75, 3.05) is 0 Å². The summed E-state index contributed by atoms with van der Waals surface area (Å²) in [5.74, 6) is -0.291. The Hall–Kier alpha value is -0.640. The van der Waals surface area contributed by atoms with Crippen LogP contribution in [0.3, 0.4) is 0 Å². The van der Waals surface area contributed by atoms with Crippen LogP contribution in [0, 0.1) is 5.82 Å². The SMILES string of the molecule is CCC[C@@H]1C[C@H]([C@@H](O)c2cccc(F)c2)N1.Cl. The summed E-state index contributed by atoms with van der Waals surface area (Å²) in [4.78, 5) is 0. The molecular weight excluding hydrogens is 241 g/mol. The molecule has 0 radical (unpaired) electrons. The van der Waals surface area contributed by atoms with E-state index in [1.54, 1.807) is 12.1 Å². The fraction of sp³-hybridized carbons (Fsp3) is 0.538. The summed E-state index contributed by atoms with van der Waals surface area (Å²) in [7, 11) is 0. The van der Waals surface area contributed by atoms with E-state index in [4.69, 9.17) is 0 Å². The van der Waals surface area contributed by atoms with E-state index >= 15 is 0 Å². The van der Waals surface area contributed by atoms with E-state index in [0.717, 1.165) is 19.3 Å². The highest BCUT2D eigenvalue weighted by atomic mass is 35.5. The highest BCUT2D eigenvalue weighted by Gasteiger charge is 2.33. The molecular formula is C13H19ClFNO. The van der Waals surface area contributed by atoms with Gasteiger partial charge < -0.3 is 10.4 Å². The smallest absolute Gasteiger partial charge is 0.123 e. The largest absolute Gasteiger partial charge is 0.387 e. The van der Waals surface area contributed by atoms with Crippen molar-refractivity contribution in [2.24, 2.45) is 0 Å². The molecule has 1 aromatic carbocycles. The summed E-state index contributed by atoms with van der Waals surface area (Å²) in [6.07, 6.45) is 2.68. The van der Waals surface area contributed by atoms with Crippen molar-refractivity contribution < 1.29 is 9.50 Å². The average Bonchev–Trinajstić information content (AvgIpc) is 2.22. The normalized spacial score (nSPS) is 24.6. The Kier molecular flexibility index (Phi) is 5.37. The van der Waals surface area contributed by atoms with Crippen molar-refractivity contribution >= 4 is 12.4 Å². The van der Waals surface area contributed by atoms with Crippen molar-refractivity contribution in [3.05, 3.63) is 35.6 Å². The van der Waals surface area contributed by atoms with E-state index in [-0.39, 0.29) is 24.3 Å². The molecule has 1 aliphatic rings. The van der Waals surface area contributed by atoms with Gasteiger partial charge in [0, 0.05) is 12.1 Å². The van der Waals surface area contributed by atoms with Crippen LogP contribution >= 0.6 is 12.4 Å². The molecule has 0 aromatic heterocycles. The van der Waals surface area contributed by atoms with Crippen LogP contribution in [-0.4, -0.2) is 17.2 Å². The lowest BCUT2D eigenvalue weighted by atomic mass is 9.87. The maximum atomic E-state index is 13.0. The molecule has 2 rings (SSSR count). The van der Waals surface area contributed by atoms with Crippen molar-refractivity contribution in [1.29, 1.82) is 0 Å². The van der Waals surface area contributed by atoms with Crippen molar-refractivity contribution in [1.82, 2.24) is 5.32 Å². The minimum absolute atomic E-state index is 0.